The van der Waals surface area contributed by atoms with Gasteiger partial charge in [-0.05, 0) is 45.8 Å². The van der Waals surface area contributed by atoms with Gasteiger partial charge in [0, 0.05) is 6.04 Å². The van der Waals surface area contributed by atoms with Crippen LogP contribution >= 0.6 is 0 Å². The lowest BCUT2D eigenvalue weighted by Gasteiger charge is -2.18. The molecular weight excluding hydrogens is 124 g/mol. The molecule has 10 heavy (non-hydrogen) atoms. The third-order valence-corrected chi connectivity index (χ3v) is 2.58. The maximum Gasteiger partial charge on any atom is 0.00923 e. The third kappa shape index (κ3) is 1.70. The summed E-state index contributed by atoms with van der Waals surface area (Å²) in [6.45, 7) is 0.879. The van der Waals surface area contributed by atoms with E-state index < -0.39 is 0 Å². The van der Waals surface area contributed by atoms with Gasteiger partial charge in [0.2, 0.25) is 0 Å². The summed E-state index contributed by atoms with van der Waals surface area (Å²) in [5.74, 6) is 0.799. The predicted molar refractivity (Wildman–Crippen MR) is 43.9 cm³/mol. The molecule has 1 saturated carbocycles. The molecule has 2 heteroatoms. The van der Waals surface area contributed by atoms with Crippen molar-refractivity contribution in [3.8, 4) is 0 Å². The minimum absolute atomic E-state index is 0.799. The molecule has 1 fully saturated rings. The van der Waals surface area contributed by atoms with Crippen LogP contribution in [0.15, 0.2) is 0 Å². The molecule has 0 bridgehead atoms. The standard InChI is InChI=1S/C8H18N2/c1-10(2)8-4-3-7(5-8)6-9/h7-8H,3-6,9H2,1-2H3. The highest BCUT2D eigenvalue weighted by Crippen LogP contribution is 2.26. The molecule has 0 heterocycles. The molecule has 2 N–H and O–H groups in total. The fourth-order valence-electron chi connectivity index (χ4n) is 1.73. The minimum atomic E-state index is 0.799. The Bertz CT molecular complexity index is 101. The first-order valence-corrected chi connectivity index (χ1v) is 4.10. The summed E-state index contributed by atoms with van der Waals surface area (Å²) in [6.07, 6.45) is 3.98. The van der Waals surface area contributed by atoms with E-state index in [0.29, 0.717) is 0 Å². The molecule has 0 aromatic heterocycles. The van der Waals surface area contributed by atoms with Crippen molar-refractivity contribution in [3.63, 3.8) is 0 Å². The van der Waals surface area contributed by atoms with Gasteiger partial charge in [0.25, 0.3) is 0 Å². The molecule has 2 atom stereocenters. The van der Waals surface area contributed by atoms with E-state index in [0.717, 1.165) is 18.5 Å². The first-order valence-electron chi connectivity index (χ1n) is 4.10. The Kier molecular flexibility index (Phi) is 2.69. The summed E-state index contributed by atoms with van der Waals surface area (Å²) in [5, 5.41) is 0. The van der Waals surface area contributed by atoms with Crippen molar-refractivity contribution in [1.29, 1.82) is 0 Å². The van der Waals surface area contributed by atoms with Gasteiger partial charge in [0.05, 0.1) is 0 Å². The van der Waals surface area contributed by atoms with Gasteiger partial charge in [-0.25, -0.2) is 0 Å². The molecule has 0 saturated heterocycles. The van der Waals surface area contributed by atoms with Crippen LogP contribution in [0.4, 0.5) is 0 Å². The normalized spacial score (nSPS) is 33.6. The SMILES string of the molecule is CN(C)C1CCC(CN)C1. The van der Waals surface area contributed by atoms with Gasteiger partial charge < -0.3 is 10.6 Å². The van der Waals surface area contributed by atoms with Crippen LogP contribution in [-0.4, -0.2) is 31.6 Å². The van der Waals surface area contributed by atoms with Crippen molar-refractivity contribution in [2.45, 2.75) is 25.3 Å². The largest absolute Gasteiger partial charge is 0.330 e. The summed E-state index contributed by atoms with van der Waals surface area (Å²) in [5.41, 5.74) is 5.58. The lowest BCUT2D eigenvalue weighted by Crippen LogP contribution is -2.25. The van der Waals surface area contributed by atoms with Crippen LogP contribution in [0.2, 0.25) is 0 Å². The Balaban J connectivity index is 2.28. The van der Waals surface area contributed by atoms with Gasteiger partial charge in [-0.1, -0.05) is 0 Å². The first-order chi connectivity index (χ1) is 4.74. The zero-order valence-electron chi connectivity index (χ0n) is 7.01. The molecular formula is C8H18N2. The Morgan fingerprint density at radius 3 is 2.40 bits per heavy atom. The van der Waals surface area contributed by atoms with Crippen LogP contribution in [0.3, 0.4) is 0 Å². The molecule has 0 aliphatic heterocycles. The van der Waals surface area contributed by atoms with Crippen LogP contribution in [0.25, 0.3) is 0 Å². The molecule has 2 unspecified atom stereocenters. The Morgan fingerprint density at radius 1 is 1.40 bits per heavy atom. The quantitative estimate of drug-likeness (QED) is 0.614. The minimum Gasteiger partial charge on any atom is -0.330 e. The number of rotatable bonds is 2. The van der Waals surface area contributed by atoms with E-state index in [2.05, 4.69) is 19.0 Å². The smallest absolute Gasteiger partial charge is 0.00923 e. The van der Waals surface area contributed by atoms with E-state index in [-0.39, 0.29) is 0 Å². The van der Waals surface area contributed by atoms with E-state index in [1.165, 1.54) is 19.3 Å². The van der Waals surface area contributed by atoms with E-state index in [9.17, 15) is 0 Å². The number of hydrogen-bond acceptors (Lipinski definition) is 2. The average molecular weight is 142 g/mol. The Hall–Kier alpha value is -0.0800. The highest BCUT2D eigenvalue weighted by atomic mass is 15.1. The fourth-order valence-corrected chi connectivity index (χ4v) is 1.73. The highest BCUT2D eigenvalue weighted by molar-refractivity contribution is 4.80. The zero-order valence-corrected chi connectivity index (χ0v) is 7.01. The van der Waals surface area contributed by atoms with Crippen LogP contribution in [0.1, 0.15) is 19.3 Å². The number of hydrogen-bond donors (Lipinski definition) is 1. The first kappa shape index (κ1) is 8.02. The third-order valence-electron chi connectivity index (χ3n) is 2.58. The molecule has 0 radical (unpaired) electrons. The summed E-state index contributed by atoms with van der Waals surface area (Å²) in [7, 11) is 4.31. The fraction of sp³-hybridized carbons (Fsp3) is 1.00. The maximum atomic E-state index is 5.58. The lowest BCUT2D eigenvalue weighted by atomic mass is 10.1. The van der Waals surface area contributed by atoms with Gasteiger partial charge in [0.15, 0.2) is 0 Å². The molecule has 0 spiro atoms. The molecule has 1 aliphatic carbocycles. The number of nitrogens with two attached hydrogens (primary N) is 1. The molecule has 0 aromatic rings. The number of nitrogens with zero attached hydrogens (tertiary/aromatic N) is 1. The zero-order chi connectivity index (χ0) is 7.56. The Morgan fingerprint density at radius 2 is 2.10 bits per heavy atom. The van der Waals surface area contributed by atoms with Crippen molar-refractivity contribution in [3.05, 3.63) is 0 Å². The maximum absolute atomic E-state index is 5.58. The van der Waals surface area contributed by atoms with Crippen LogP contribution in [0.5, 0.6) is 0 Å². The van der Waals surface area contributed by atoms with Crippen molar-refractivity contribution in [2.24, 2.45) is 11.7 Å². The second kappa shape index (κ2) is 3.35. The van der Waals surface area contributed by atoms with E-state index in [4.69, 9.17) is 5.73 Å². The van der Waals surface area contributed by atoms with Crippen molar-refractivity contribution in [2.75, 3.05) is 20.6 Å². The summed E-state index contributed by atoms with van der Waals surface area (Å²) in [4.78, 5) is 2.32. The van der Waals surface area contributed by atoms with Gasteiger partial charge in [-0.15, -0.1) is 0 Å². The Labute approximate surface area is 63.4 Å². The lowest BCUT2D eigenvalue weighted by molar-refractivity contribution is 0.292. The van der Waals surface area contributed by atoms with Crippen molar-refractivity contribution in [1.82, 2.24) is 4.90 Å². The van der Waals surface area contributed by atoms with E-state index in [1.54, 1.807) is 0 Å². The van der Waals surface area contributed by atoms with Crippen LogP contribution in [0, 0.1) is 5.92 Å². The van der Waals surface area contributed by atoms with Gasteiger partial charge in [0.1, 0.15) is 0 Å². The summed E-state index contributed by atoms with van der Waals surface area (Å²) < 4.78 is 0. The molecule has 0 aromatic carbocycles. The molecule has 0 amide bonds. The van der Waals surface area contributed by atoms with Gasteiger partial charge in [-0.2, -0.15) is 0 Å². The van der Waals surface area contributed by atoms with Crippen molar-refractivity contribution < 1.29 is 0 Å². The topological polar surface area (TPSA) is 29.3 Å². The van der Waals surface area contributed by atoms with Crippen LogP contribution in [-0.2, 0) is 0 Å². The van der Waals surface area contributed by atoms with Crippen molar-refractivity contribution >= 4 is 0 Å². The van der Waals surface area contributed by atoms with E-state index in [1.807, 2.05) is 0 Å². The second-order valence-corrected chi connectivity index (χ2v) is 3.53. The predicted octanol–water partition coefficient (Wildman–Crippen LogP) is 0.675. The van der Waals surface area contributed by atoms with Gasteiger partial charge in [-0.3, -0.25) is 0 Å². The monoisotopic (exact) mass is 142 g/mol. The average Bonchev–Trinajstić information content (AvgIpc) is 2.34. The highest BCUT2D eigenvalue weighted by Gasteiger charge is 2.24. The molecule has 60 valence electrons. The van der Waals surface area contributed by atoms with E-state index >= 15 is 0 Å². The molecule has 2 nitrogen and oxygen atoms in total. The second-order valence-electron chi connectivity index (χ2n) is 3.53. The van der Waals surface area contributed by atoms with Crippen LogP contribution < -0.4 is 5.73 Å². The summed E-state index contributed by atoms with van der Waals surface area (Å²) in [6, 6.07) is 0.800. The van der Waals surface area contributed by atoms with Gasteiger partial charge >= 0.3 is 0 Å². The molecule has 1 aliphatic rings. The molecule has 1 rings (SSSR count). The summed E-state index contributed by atoms with van der Waals surface area (Å²) >= 11 is 0.